The van der Waals surface area contributed by atoms with Gasteiger partial charge in [0.05, 0.1) is 0 Å². The number of halogens is 3. The van der Waals surface area contributed by atoms with E-state index in [-0.39, 0.29) is 5.56 Å². The monoisotopic (exact) mass is 354 g/mol. The van der Waals surface area contributed by atoms with Crippen molar-refractivity contribution >= 4 is 27.7 Å². The maximum absolute atomic E-state index is 13.0. The van der Waals surface area contributed by atoms with Crippen molar-refractivity contribution in [3.63, 3.8) is 0 Å². The van der Waals surface area contributed by atoms with E-state index < -0.39 is 23.4 Å². The van der Waals surface area contributed by atoms with Gasteiger partial charge >= 0.3 is 0 Å². The Labute approximate surface area is 127 Å². The fraction of sp³-hybridized carbons (Fsp3) is 0. The van der Waals surface area contributed by atoms with Crippen LogP contribution >= 0.6 is 15.9 Å². The predicted molar refractivity (Wildman–Crippen MR) is 75.4 cm³/mol. The molecule has 2 aromatic rings. The van der Waals surface area contributed by atoms with Gasteiger partial charge in [0.1, 0.15) is 11.6 Å². The number of rotatable bonds is 2. The molecule has 0 aliphatic heterocycles. The van der Waals surface area contributed by atoms with Crippen LogP contribution < -0.4 is 10.9 Å². The Balaban J connectivity index is 2.00. The van der Waals surface area contributed by atoms with Crippen LogP contribution in [0.4, 0.5) is 8.78 Å². The minimum atomic E-state index is -0.876. The van der Waals surface area contributed by atoms with Crippen LogP contribution in [0.25, 0.3) is 0 Å². The van der Waals surface area contributed by atoms with Crippen molar-refractivity contribution in [2.45, 2.75) is 0 Å². The van der Waals surface area contributed by atoms with Crippen LogP contribution in [0, 0.1) is 11.6 Å². The minimum absolute atomic E-state index is 0.233. The summed E-state index contributed by atoms with van der Waals surface area (Å²) >= 11 is 3.23. The van der Waals surface area contributed by atoms with Gasteiger partial charge in [-0.1, -0.05) is 15.9 Å². The molecule has 4 nitrogen and oxygen atoms in total. The van der Waals surface area contributed by atoms with E-state index in [2.05, 4.69) is 26.8 Å². The predicted octanol–water partition coefficient (Wildman–Crippen LogP) is 2.80. The summed E-state index contributed by atoms with van der Waals surface area (Å²) in [6, 6.07) is 8.81. The van der Waals surface area contributed by atoms with Crippen LogP contribution in [0.15, 0.2) is 46.9 Å². The lowest BCUT2D eigenvalue weighted by molar-refractivity contribution is 0.0846. The molecule has 0 saturated carbocycles. The molecular formula is C14H9BrF2N2O2. The van der Waals surface area contributed by atoms with Gasteiger partial charge in [0.15, 0.2) is 0 Å². The van der Waals surface area contributed by atoms with Crippen molar-refractivity contribution in [1.29, 1.82) is 0 Å². The first kappa shape index (κ1) is 15.1. The van der Waals surface area contributed by atoms with Gasteiger partial charge < -0.3 is 0 Å². The first-order valence-corrected chi connectivity index (χ1v) is 6.57. The highest BCUT2D eigenvalue weighted by molar-refractivity contribution is 9.10. The Morgan fingerprint density at radius 2 is 1.29 bits per heavy atom. The Hall–Kier alpha value is -2.28. The second-order valence-corrected chi connectivity index (χ2v) is 4.99. The van der Waals surface area contributed by atoms with Crippen molar-refractivity contribution < 1.29 is 18.4 Å². The maximum atomic E-state index is 13.0. The fourth-order valence-electron chi connectivity index (χ4n) is 1.54. The van der Waals surface area contributed by atoms with Crippen LogP contribution in [0.1, 0.15) is 20.7 Å². The van der Waals surface area contributed by atoms with E-state index in [9.17, 15) is 18.4 Å². The molecule has 0 aromatic heterocycles. The summed E-state index contributed by atoms with van der Waals surface area (Å²) in [5.74, 6) is -3.12. The van der Waals surface area contributed by atoms with E-state index in [4.69, 9.17) is 0 Å². The second kappa shape index (κ2) is 6.45. The van der Waals surface area contributed by atoms with Gasteiger partial charge in [0.2, 0.25) is 0 Å². The fourth-order valence-corrected chi connectivity index (χ4v) is 1.81. The van der Waals surface area contributed by atoms with Crippen molar-refractivity contribution in [3.8, 4) is 0 Å². The van der Waals surface area contributed by atoms with Gasteiger partial charge in [-0.3, -0.25) is 20.4 Å². The van der Waals surface area contributed by atoms with Crippen LogP contribution in [0.3, 0.4) is 0 Å². The molecule has 0 heterocycles. The second-order valence-electron chi connectivity index (χ2n) is 4.07. The lowest BCUT2D eigenvalue weighted by Gasteiger charge is -2.07. The molecule has 2 N–H and O–H groups in total. The molecule has 0 fully saturated rings. The summed E-state index contributed by atoms with van der Waals surface area (Å²) in [5.41, 5.74) is 4.33. The third-order valence-electron chi connectivity index (χ3n) is 2.52. The van der Waals surface area contributed by atoms with E-state index in [0.717, 1.165) is 16.6 Å². The van der Waals surface area contributed by atoms with Crippen LogP contribution in [-0.2, 0) is 0 Å². The zero-order valence-corrected chi connectivity index (χ0v) is 12.1. The molecule has 0 aliphatic carbocycles. The first-order valence-electron chi connectivity index (χ1n) is 5.78. The van der Waals surface area contributed by atoms with Crippen molar-refractivity contribution in [2.24, 2.45) is 0 Å². The molecule has 0 unspecified atom stereocenters. The maximum Gasteiger partial charge on any atom is 0.269 e. The molecular weight excluding hydrogens is 346 g/mol. The summed E-state index contributed by atoms with van der Waals surface area (Å²) in [6.07, 6.45) is 0. The van der Waals surface area contributed by atoms with Crippen LogP contribution in [0.2, 0.25) is 0 Å². The summed E-state index contributed by atoms with van der Waals surface area (Å²) in [7, 11) is 0. The van der Waals surface area contributed by atoms with Gasteiger partial charge in [0.25, 0.3) is 11.8 Å². The van der Waals surface area contributed by atoms with Crippen molar-refractivity contribution in [2.75, 3.05) is 0 Å². The standard InChI is InChI=1S/C14H9BrF2N2O2/c15-10-3-1-8(2-4-10)13(20)18-19-14(21)9-5-11(16)7-12(17)6-9/h1-7H,(H,18,20)(H,19,21). The van der Waals surface area contributed by atoms with E-state index in [0.29, 0.717) is 11.6 Å². The lowest BCUT2D eigenvalue weighted by atomic mass is 10.2. The largest absolute Gasteiger partial charge is 0.269 e. The molecule has 0 saturated heterocycles. The average Bonchev–Trinajstić information content (AvgIpc) is 2.44. The van der Waals surface area contributed by atoms with Gasteiger partial charge in [-0.25, -0.2) is 8.78 Å². The number of nitrogens with one attached hydrogen (secondary N) is 2. The zero-order valence-electron chi connectivity index (χ0n) is 10.5. The Bertz CT molecular complexity index is 670. The molecule has 0 aliphatic rings. The van der Waals surface area contributed by atoms with E-state index in [1.165, 1.54) is 0 Å². The third-order valence-corrected chi connectivity index (χ3v) is 3.05. The lowest BCUT2D eigenvalue weighted by Crippen LogP contribution is -2.41. The van der Waals surface area contributed by atoms with Crippen molar-refractivity contribution in [3.05, 3.63) is 69.7 Å². The van der Waals surface area contributed by atoms with Gasteiger partial charge in [-0.15, -0.1) is 0 Å². The molecule has 108 valence electrons. The average molecular weight is 355 g/mol. The molecule has 0 bridgehead atoms. The molecule has 2 amide bonds. The number of benzene rings is 2. The molecule has 0 radical (unpaired) electrons. The summed E-state index contributed by atoms with van der Waals surface area (Å²) < 4.78 is 26.8. The Morgan fingerprint density at radius 1 is 0.810 bits per heavy atom. The van der Waals surface area contributed by atoms with E-state index in [1.807, 2.05) is 0 Å². The topological polar surface area (TPSA) is 58.2 Å². The van der Waals surface area contributed by atoms with Crippen molar-refractivity contribution in [1.82, 2.24) is 10.9 Å². The highest BCUT2D eigenvalue weighted by Crippen LogP contribution is 2.10. The van der Waals surface area contributed by atoms with Crippen LogP contribution in [-0.4, -0.2) is 11.8 Å². The third kappa shape index (κ3) is 4.09. The normalized spacial score (nSPS) is 10.0. The molecule has 2 aromatic carbocycles. The molecule has 0 spiro atoms. The number of hydrogen-bond donors (Lipinski definition) is 2. The molecule has 21 heavy (non-hydrogen) atoms. The number of amides is 2. The first-order chi connectivity index (χ1) is 9.95. The number of carbonyl (C=O) groups excluding carboxylic acids is 2. The Kier molecular flexibility index (Phi) is 4.64. The molecule has 7 heteroatoms. The highest BCUT2D eigenvalue weighted by atomic mass is 79.9. The summed E-state index contributed by atoms with van der Waals surface area (Å²) in [4.78, 5) is 23.4. The van der Waals surface area contributed by atoms with Crippen LogP contribution in [0.5, 0.6) is 0 Å². The number of carbonyl (C=O) groups is 2. The molecule has 0 atom stereocenters. The van der Waals surface area contributed by atoms with Gasteiger partial charge in [0, 0.05) is 21.7 Å². The number of hydrogen-bond acceptors (Lipinski definition) is 2. The summed E-state index contributed by atoms with van der Waals surface area (Å²) in [5, 5.41) is 0. The smallest absolute Gasteiger partial charge is 0.267 e. The van der Waals surface area contributed by atoms with Gasteiger partial charge in [-0.2, -0.15) is 0 Å². The van der Waals surface area contributed by atoms with Gasteiger partial charge in [-0.05, 0) is 36.4 Å². The zero-order chi connectivity index (χ0) is 15.4. The quantitative estimate of drug-likeness (QED) is 0.814. The Morgan fingerprint density at radius 3 is 1.81 bits per heavy atom. The molecule has 2 rings (SSSR count). The van der Waals surface area contributed by atoms with E-state index >= 15 is 0 Å². The number of hydrazine groups is 1. The van der Waals surface area contributed by atoms with E-state index in [1.54, 1.807) is 24.3 Å². The summed E-state index contributed by atoms with van der Waals surface area (Å²) in [6.45, 7) is 0. The minimum Gasteiger partial charge on any atom is -0.267 e. The SMILES string of the molecule is O=C(NNC(=O)c1cc(F)cc(F)c1)c1ccc(Br)cc1. The highest BCUT2D eigenvalue weighted by Gasteiger charge is 2.11.